The van der Waals surface area contributed by atoms with Gasteiger partial charge in [-0.05, 0) is 36.6 Å². The zero-order valence-electron chi connectivity index (χ0n) is 15.6. The van der Waals surface area contributed by atoms with Crippen molar-refractivity contribution < 1.29 is 4.79 Å². The largest absolute Gasteiger partial charge is 0.355 e. The Balaban J connectivity index is 1.99. The van der Waals surface area contributed by atoms with Crippen LogP contribution in [0.2, 0.25) is 0 Å². The molecule has 7 heteroatoms. The fraction of sp³-hybridized carbons (Fsp3) is 0.300. The molecule has 0 atom stereocenters. The van der Waals surface area contributed by atoms with E-state index >= 15 is 0 Å². The molecular weight excluding hydrogens is 360 g/mol. The number of fused-ring (bicyclic) bond motifs is 1. The van der Waals surface area contributed by atoms with Gasteiger partial charge in [0.05, 0.1) is 16.7 Å². The Bertz CT molecular complexity index is 1010. The molecule has 0 saturated carbocycles. The first-order chi connectivity index (χ1) is 13.0. The van der Waals surface area contributed by atoms with Gasteiger partial charge in [0.2, 0.25) is 5.91 Å². The van der Waals surface area contributed by atoms with Crippen molar-refractivity contribution in [3.8, 4) is 5.82 Å². The van der Waals surface area contributed by atoms with Gasteiger partial charge in [0.1, 0.15) is 5.82 Å². The molecule has 0 bridgehead atoms. The lowest BCUT2D eigenvalue weighted by molar-refractivity contribution is -0.118. The Morgan fingerprint density at radius 2 is 2.00 bits per heavy atom. The zero-order chi connectivity index (χ0) is 19.4. The molecule has 1 amide bonds. The van der Waals surface area contributed by atoms with Gasteiger partial charge in [0.15, 0.2) is 5.16 Å². The summed E-state index contributed by atoms with van der Waals surface area (Å²) >= 11 is 1.23. The van der Waals surface area contributed by atoms with Crippen LogP contribution in [0.5, 0.6) is 0 Å². The first kappa shape index (κ1) is 19.1. The minimum atomic E-state index is -0.193. The maximum Gasteiger partial charge on any atom is 0.267 e. The molecule has 2 heterocycles. The van der Waals surface area contributed by atoms with Gasteiger partial charge in [-0.1, -0.05) is 43.8 Å². The highest BCUT2D eigenvalue weighted by atomic mass is 32.2. The number of para-hydroxylation sites is 1. The summed E-state index contributed by atoms with van der Waals surface area (Å²) in [5.74, 6) is 0.977. The molecule has 3 aromatic rings. The number of nitrogens with zero attached hydrogens (tertiary/aromatic N) is 3. The fourth-order valence-corrected chi connectivity index (χ4v) is 3.33. The van der Waals surface area contributed by atoms with E-state index in [1.165, 1.54) is 16.3 Å². The molecule has 0 unspecified atom stereocenters. The summed E-state index contributed by atoms with van der Waals surface area (Å²) in [6.45, 7) is 6.64. The number of aryl methyl sites for hydroxylation is 1. The summed E-state index contributed by atoms with van der Waals surface area (Å²) in [6, 6.07) is 10.9. The highest BCUT2D eigenvalue weighted by Gasteiger charge is 2.15. The maximum atomic E-state index is 13.1. The molecule has 0 spiro atoms. The predicted molar refractivity (Wildman–Crippen MR) is 108 cm³/mol. The lowest BCUT2D eigenvalue weighted by atomic mass is 10.2. The summed E-state index contributed by atoms with van der Waals surface area (Å²) in [6.07, 6.45) is 1.71. The van der Waals surface area contributed by atoms with Crippen molar-refractivity contribution in [1.82, 2.24) is 19.9 Å². The van der Waals surface area contributed by atoms with Crippen LogP contribution in [0.15, 0.2) is 52.5 Å². The van der Waals surface area contributed by atoms with E-state index in [0.29, 0.717) is 34.3 Å². The molecule has 0 saturated heterocycles. The summed E-state index contributed by atoms with van der Waals surface area (Å²) in [5, 5.41) is 3.86. The molecule has 27 heavy (non-hydrogen) atoms. The minimum absolute atomic E-state index is 0.0838. The first-order valence-electron chi connectivity index (χ1n) is 8.80. The van der Waals surface area contributed by atoms with Gasteiger partial charge < -0.3 is 5.32 Å². The third kappa shape index (κ3) is 4.54. The first-order valence-corrected chi connectivity index (χ1v) is 9.78. The number of benzene rings is 1. The second kappa shape index (κ2) is 8.35. The van der Waals surface area contributed by atoms with Crippen molar-refractivity contribution in [1.29, 1.82) is 0 Å². The monoisotopic (exact) mass is 382 g/mol. The van der Waals surface area contributed by atoms with E-state index in [9.17, 15) is 9.59 Å². The number of nitrogens with one attached hydrogen (secondary N) is 1. The SMILES string of the molecule is Cc1ccc(-n2c(SCC(=O)NCC(C)C)nc3ccccc3c2=O)nc1. The smallest absolute Gasteiger partial charge is 0.267 e. The van der Waals surface area contributed by atoms with E-state index in [1.807, 2.05) is 39.0 Å². The van der Waals surface area contributed by atoms with E-state index in [0.717, 1.165) is 5.56 Å². The number of aromatic nitrogens is 3. The van der Waals surface area contributed by atoms with Crippen molar-refractivity contribution in [3.63, 3.8) is 0 Å². The van der Waals surface area contributed by atoms with Crippen LogP contribution in [0.4, 0.5) is 0 Å². The third-order valence-corrected chi connectivity index (χ3v) is 4.85. The van der Waals surface area contributed by atoms with Crippen molar-refractivity contribution >= 4 is 28.6 Å². The summed E-state index contributed by atoms with van der Waals surface area (Å²) in [4.78, 5) is 34.1. The van der Waals surface area contributed by atoms with Crippen LogP contribution in [-0.2, 0) is 4.79 Å². The molecule has 0 aliphatic carbocycles. The van der Waals surface area contributed by atoms with Gasteiger partial charge in [-0.2, -0.15) is 0 Å². The van der Waals surface area contributed by atoms with Crippen LogP contribution in [0.3, 0.4) is 0 Å². The molecule has 0 aliphatic rings. The number of hydrogen-bond donors (Lipinski definition) is 1. The van der Waals surface area contributed by atoms with Gasteiger partial charge in [0, 0.05) is 12.7 Å². The number of carbonyl (C=O) groups is 1. The lowest BCUT2D eigenvalue weighted by Crippen LogP contribution is -2.29. The van der Waals surface area contributed by atoms with Gasteiger partial charge in [-0.15, -0.1) is 0 Å². The molecule has 2 aromatic heterocycles. The van der Waals surface area contributed by atoms with Crippen molar-refractivity contribution in [2.45, 2.75) is 25.9 Å². The quantitative estimate of drug-likeness (QED) is 0.524. The average molecular weight is 382 g/mol. The Morgan fingerprint density at radius 1 is 1.22 bits per heavy atom. The van der Waals surface area contributed by atoms with Gasteiger partial charge in [-0.25, -0.2) is 14.5 Å². The van der Waals surface area contributed by atoms with E-state index in [4.69, 9.17) is 0 Å². The second-order valence-corrected chi connectivity index (χ2v) is 7.67. The van der Waals surface area contributed by atoms with Crippen molar-refractivity contribution in [2.24, 2.45) is 5.92 Å². The minimum Gasteiger partial charge on any atom is -0.355 e. The van der Waals surface area contributed by atoms with Gasteiger partial charge in [-0.3, -0.25) is 9.59 Å². The number of carbonyl (C=O) groups excluding carboxylic acids is 1. The van der Waals surface area contributed by atoms with E-state index < -0.39 is 0 Å². The summed E-state index contributed by atoms with van der Waals surface area (Å²) in [5.41, 5.74) is 1.42. The fourth-order valence-electron chi connectivity index (χ4n) is 2.50. The summed E-state index contributed by atoms with van der Waals surface area (Å²) in [7, 11) is 0. The highest BCUT2D eigenvalue weighted by molar-refractivity contribution is 7.99. The van der Waals surface area contributed by atoms with Crippen LogP contribution in [0.25, 0.3) is 16.7 Å². The molecule has 140 valence electrons. The van der Waals surface area contributed by atoms with Gasteiger partial charge in [0.25, 0.3) is 5.56 Å². The zero-order valence-corrected chi connectivity index (χ0v) is 16.4. The van der Waals surface area contributed by atoms with Crippen LogP contribution < -0.4 is 10.9 Å². The summed E-state index contributed by atoms with van der Waals surface area (Å²) < 4.78 is 1.47. The Morgan fingerprint density at radius 3 is 2.70 bits per heavy atom. The van der Waals surface area contributed by atoms with Crippen molar-refractivity contribution in [3.05, 3.63) is 58.5 Å². The Kier molecular flexibility index (Phi) is 5.91. The molecule has 0 fully saturated rings. The normalized spacial score (nSPS) is 11.1. The topological polar surface area (TPSA) is 76.9 Å². The maximum absolute atomic E-state index is 13.1. The molecule has 1 aromatic carbocycles. The Labute approximate surface area is 162 Å². The van der Waals surface area contributed by atoms with Crippen molar-refractivity contribution in [2.75, 3.05) is 12.3 Å². The third-order valence-electron chi connectivity index (χ3n) is 3.91. The molecular formula is C20H22N4O2S. The van der Waals surface area contributed by atoms with Crippen LogP contribution in [0.1, 0.15) is 19.4 Å². The van der Waals surface area contributed by atoms with Crippen LogP contribution >= 0.6 is 11.8 Å². The van der Waals surface area contributed by atoms with E-state index in [2.05, 4.69) is 15.3 Å². The number of pyridine rings is 1. The molecule has 6 nitrogen and oxygen atoms in total. The van der Waals surface area contributed by atoms with Crippen LogP contribution in [0, 0.1) is 12.8 Å². The Hall–Kier alpha value is -2.67. The van der Waals surface area contributed by atoms with E-state index in [1.54, 1.807) is 24.4 Å². The molecule has 3 rings (SSSR count). The van der Waals surface area contributed by atoms with Gasteiger partial charge >= 0.3 is 0 Å². The number of thioether (sulfide) groups is 1. The average Bonchev–Trinajstić information content (AvgIpc) is 2.66. The molecule has 1 N–H and O–H groups in total. The number of rotatable bonds is 6. The van der Waals surface area contributed by atoms with Crippen LogP contribution in [-0.4, -0.2) is 32.7 Å². The number of amides is 1. The predicted octanol–water partition coefficient (Wildman–Crippen LogP) is 2.95. The molecule has 0 aliphatic heterocycles. The lowest BCUT2D eigenvalue weighted by Gasteiger charge is -2.13. The standard InChI is InChI=1S/C20H22N4O2S/c1-13(2)10-22-18(25)12-27-20-23-16-7-5-4-6-15(16)19(26)24(20)17-9-8-14(3)11-21-17/h4-9,11,13H,10,12H2,1-3H3,(H,22,25). The highest BCUT2D eigenvalue weighted by Crippen LogP contribution is 2.20. The number of hydrogen-bond acceptors (Lipinski definition) is 5. The second-order valence-electron chi connectivity index (χ2n) is 6.73. The molecule has 0 radical (unpaired) electrons. The van der Waals surface area contributed by atoms with E-state index in [-0.39, 0.29) is 17.2 Å².